The molecule has 7 heteroatoms. The van der Waals surface area contributed by atoms with Crippen molar-refractivity contribution >= 4 is 17.9 Å². The van der Waals surface area contributed by atoms with Crippen LogP contribution in [-0.4, -0.2) is 39.9 Å². The number of hydrogen-bond donors (Lipinski definition) is 1. The van der Waals surface area contributed by atoms with E-state index in [-0.39, 0.29) is 24.3 Å². The average Bonchev–Trinajstić information content (AvgIpc) is 3.31. The highest BCUT2D eigenvalue weighted by molar-refractivity contribution is 5.92. The Morgan fingerprint density at radius 1 is 1.03 bits per heavy atom. The SMILES string of the molecule is O=C(NCc1nc(-c2ccccc2)no1)C1CCN(C(=O)C=Cc2ccccc2)CC1. The summed E-state index contributed by atoms with van der Waals surface area (Å²) in [5.74, 6) is 0.665. The Hall–Kier alpha value is -3.74. The van der Waals surface area contributed by atoms with Crippen molar-refractivity contribution in [2.75, 3.05) is 13.1 Å². The first-order chi connectivity index (χ1) is 15.2. The third-order valence-corrected chi connectivity index (χ3v) is 5.31. The Morgan fingerprint density at radius 3 is 2.42 bits per heavy atom. The zero-order valence-corrected chi connectivity index (χ0v) is 17.1. The fourth-order valence-corrected chi connectivity index (χ4v) is 3.54. The molecule has 0 atom stereocenters. The number of carbonyl (C=O) groups excluding carboxylic acids is 2. The topological polar surface area (TPSA) is 88.3 Å². The zero-order valence-electron chi connectivity index (χ0n) is 17.1. The van der Waals surface area contributed by atoms with Crippen LogP contribution in [0.5, 0.6) is 0 Å². The molecule has 1 fully saturated rings. The molecule has 0 unspecified atom stereocenters. The second-order valence-electron chi connectivity index (χ2n) is 7.44. The molecule has 2 amide bonds. The zero-order chi connectivity index (χ0) is 21.5. The van der Waals surface area contributed by atoms with Crippen LogP contribution in [0.3, 0.4) is 0 Å². The third kappa shape index (κ3) is 5.45. The highest BCUT2D eigenvalue weighted by Crippen LogP contribution is 2.19. The van der Waals surface area contributed by atoms with Gasteiger partial charge in [-0.1, -0.05) is 65.8 Å². The lowest BCUT2D eigenvalue weighted by molar-refractivity contribution is -0.132. The molecule has 1 aliphatic rings. The van der Waals surface area contributed by atoms with Crippen LogP contribution in [0.25, 0.3) is 17.5 Å². The van der Waals surface area contributed by atoms with Crippen molar-refractivity contribution in [3.63, 3.8) is 0 Å². The summed E-state index contributed by atoms with van der Waals surface area (Å²) in [6.07, 6.45) is 4.68. The molecule has 1 aromatic heterocycles. The van der Waals surface area contributed by atoms with Crippen molar-refractivity contribution in [1.29, 1.82) is 0 Å². The molecule has 0 spiro atoms. The summed E-state index contributed by atoms with van der Waals surface area (Å²) in [6.45, 7) is 1.32. The largest absolute Gasteiger partial charge is 0.347 e. The highest BCUT2D eigenvalue weighted by atomic mass is 16.5. The highest BCUT2D eigenvalue weighted by Gasteiger charge is 2.26. The van der Waals surface area contributed by atoms with Gasteiger partial charge in [0.1, 0.15) is 0 Å². The van der Waals surface area contributed by atoms with Crippen LogP contribution in [0.4, 0.5) is 0 Å². The second kappa shape index (κ2) is 9.84. The monoisotopic (exact) mass is 416 g/mol. The minimum atomic E-state index is -0.126. The second-order valence-corrected chi connectivity index (χ2v) is 7.44. The molecule has 158 valence electrons. The molecule has 4 rings (SSSR count). The van der Waals surface area contributed by atoms with Crippen LogP contribution in [0.2, 0.25) is 0 Å². The predicted molar refractivity (Wildman–Crippen MR) is 116 cm³/mol. The summed E-state index contributed by atoms with van der Waals surface area (Å²) >= 11 is 0. The molecule has 0 radical (unpaired) electrons. The van der Waals surface area contributed by atoms with Gasteiger partial charge in [0, 0.05) is 30.6 Å². The van der Waals surface area contributed by atoms with Gasteiger partial charge in [0.2, 0.25) is 23.5 Å². The van der Waals surface area contributed by atoms with Crippen molar-refractivity contribution in [3.8, 4) is 11.4 Å². The Bertz CT molecular complexity index is 1040. The normalized spacial score (nSPS) is 14.6. The quantitative estimate of drug-likeness (QED) is 0.623. The number of nitrogens with zero attached hydrogens (tertiary/aromatic N) is 3. The summed E-state index contributed by atoms with van der Waals surface area (Å²) in [6, 6.07) is 19.2. The number of benzene rings is 2. The molecule has 7 nitrogen and oxygen atoms in total. The Kier molecular flexibility index (Phi) is 6.52. The Labute approximate surface area is 180 Å². The third-order valence-electron chi connectivity index (χ3n) is 5.31. The molecule has 0 bridgehead atoms. The smallest absolute Gasteiger partial charge is 0.246 e. The standard InChI is InChI=1S/C24H24N4O3/c29-22(12-11-18-7-3-1-4-8-18)28-15-13-20(14-16-28)24(30)25-17-21-26-23(27-31-21)19-9-5-2-6-10-19/h1-12,20H,13-17H2,(H,25,30). The van der Waals surface area contributed by atoms with Gasteiger partial charge in [-0.3, -0.25) is 9.59 Å². The van der Waals surface area contributed by atoms with Gasteiger partial charge >= 0.3 is 0 Å². The molecular weight excluding hydrogens is 392 g/mol. The fourth-order valence-electron chi connectivity index (χ4n) is 3.54. The van der Waals surface area contributed by atoms with E-state index in [0.717, 1.165) is 11.1 Å². The van der Waals surface area contributed by atoms with Crippen LogP contribution in [0.15, 0.2) is 71.3 Å². The van der Waals surface area contributed by atoms with E-state index in [4.69, 9.17) is 4.52 Å². The minimum absolute atomic E-state index is 0.0259. The number of likely N-dealkylation sites (tertiary alicyclic amines) is 1. The van der Waals surface area contributed by atoms with E-state index >= 15 is 0 Å². The predicted octanol–water partition coefficient (Wildman–Crippen LogP) is 3.30. The lowest BCUT2D eigenvalue weighted by atomic mass is 9.96. The van der Waals surface area contributed by atoms with E-state index in [1.54, 1.807) is 11.0 Å². The molecule has 2 aromatic carbocycles. The number of aromatic nitrogens is 2. The van der Waals surface area contributed by atoms with Crippen molar-refractivity contribution in [1.82, 2.24) is 20.4 Å². The number of rotatable bonds is 6. The van der Waals surface area contributed by atoms with Crippen LogP contribution in [0.1, 0.15) is 24.3 Å². The van der Waals surface area contributed by atoms with Crippen LogP contribution in [0, 0.1) is 5.92 Å². The van der Waals surface area contributed by atoms with Crippen molar-refractivity contribution in [2.24, 2.45) is 5.92 Å². The molecule has 1 aliphatic heterocycles. The van der Waals surface area contributed by atoms with Gasteiger partial charge in [0.25, 0.3) is 0 Å². The summed E-state index contributed by atoms with van der Waals surface area (Å²) < 4.78 is 5.23. The number of piperidine rings is 1. The number of hydrogen-bond acceptors (Lipinski definition) is 5. The van der Waals surface area contributed by atoms with Gasteiger partial charge in [-0.15, -0.1) is 0 Å². The number of nitrogens with one attached hydrogen (secondary N) is 1. The number of carbonyl (C=O) groups is 2. The van der Waals surface area contributed by atoms with Gasteiger partial charge in [0.15, 0.2) is 0 Å². The van der Waals surface area contributed by atoms with Gasteiger partial charge < -0.3 is 14.7 Å². The first-order valence-electron chi connectivity index (χ1n) is 10.4. The Morgan fingerprint density at radius 2 is 1.71 bits per heavy atom. The lowest BCUT2D eigenvalue weighted by Crippen LogP contribution is -2.42. The maximum Gasteiger partial charge on any atom is 0.246 e. The van der Waals surface area contributed by atoms with E-state index in [9.17, 15) is 9.59 Å². The Balaban J connectivity index is 1.23. The molecule has 2 heterocycles. The van der Waals surface area contributed by atoms with Gasteiger partial charge in [-0.25, -0.2) is 0 Å². The first-order valence-corrected chi connectivity index (χ1v) is 10.4. The van der Waals surface area contributed by atoms with Crippen LogP contribution >= 0.6 is 0 Å². The maximum absolute atomic E-state index is 12.5. The van der Waals surface area contributed by atoms with Crippen LogP contribution < -0.4 is 5.32 Å². The molecule has 1 N–H and O–H groups in total. The van der Waals surface area contributed by atoms with Gasteiger partial charge in [-0.2, -0.15) is 4.98 Å². The fraction of sp³-hybridized carbons (Fsp3) is 0.250. The molecule has 3 aromatic rings. The van der Waals surface area contributed by atoms with Gasteiger partial charge in [-0.05, 0) is 24.5 Å². The molecule has 1 saturated heterocycles. The molecular formula is C24H24N4O3. The first kappa shape index (κ1) is 20.5. The van der Waals surface area contributed by atoms with E-state index in [2.05, 4.69) is 15.5 Å². The molecule has 0 aliphatic carbocycles. The van der Waals surface area contributed by atoms with Gasteiger partial charge in [0.05, 0.1) is 6.54 Å². The minimum Gasteiger partial charge on any atom is -0.347 e. The summed E-state index contributed by atoms with van der Waals surface area (Å²) in [5.41, 5.74) is 1.85. The van der Waals surface area contributed by atoms with E-state index < -0.39 is 0 Å². The molecule has 31 heavy (non-hydrogen) atoms. The number of amides is 2. The van der Waals surface area contributed by atoms with Crippen molar-refractivity contribution < 1.29 is 14.1 Å². The summed E-state index contributed by atoms with van der Waals surface area (Å²) in [5, 5.41) is 6.83. The lowest BCUT2D eigenvalue weighted by Gasteiger charge is -2.30. The van der Waals surface area contributed by atoms with E-state index in [1.807, 2.05) is 66.7 Å². The van der Waals surface area contributed by atoms with E-state index in [1.165, 1.54) is 0 Å². The maximum atomic E-state index is 12.5. The summed E-state index contributed by atoms with van der Waals surface area (Å²) in [7, 11) is 0. The average molecular weight is 416 g/mol. The van der Waals surface area contributed by atoms with Crippen molar-refractivity contribution in [3.05, 3.63) is 78.2 Å². The summed E-state index contributed by atoms with van der Waals surface area (Å²) in [4.78, 5) is 31.0. The van der Waals surface area contributed by atoms with Crippen molar-refractivity contribution in [2.45, 2.75) is 19.4 Å². The van der Waals surface area contributed by atoms with Crippen LogP contribution in [-0.2, 0) is 16.1 Å². The van der Waals surface area contributed by atoms with E-state index in [0.29, 0.717) is 37.6 Å². The molecule has 0 saturated carbocycles.